The Labute approximate surface area is 141 Å². The fourth-order valence-corrected chi connectivity index (χ4v) is 3.17. The fraction of sp³-hybridized carbons (Fsp3) is 0.529. The number of benzene rings is 1. The highest BCUT2D eigenvalue weighted by Crippen LogP contribution is 2.23. The van der Waals surface area contributed by atoms with Gasteiger partial charge in [0.05, 0.1) is 5.69 Å². The van der Waals surface area contributed by atoms with E-state index in [0.717, 1.165) is 18.5 Å². The number of ether oxygens (including phenoxy) is 1. The van der Waals surface area contributed by atoms with Crippen LogP contribution in [0, 0.1) is 0 Å². The summed E-state index contributed by atoms with van der Waals surface area (Å²) in [6.45, 7) is 1.80. The summed E-state index contributed by atoms with van der Waals surface area (Å²) in [5, 5.41) is 11.1. The van der Waals surface area contributed by atoms with Crippen molar-refractivity contribution in [1.82, 2.24) is 25.1 Å². The minimum absolute atomic E-state index is 0.0229. The van der Waals surface area contributed by atoms with E-state index < -0.39 is 6.10 Å². The van der Waals surface area contributed by atoms with Crippen LogP contribution in [0.3, 0.4) is 0 Å². The number of carbonyl (C=O) groups is 1. The van der Waals surface area contributed by atoms with Gasteiger partial charge in [-0.15, -0.1) is 5.10 Å². The quantitative estimate of drug-likeness (QED) is 0.841. The van der Waals surface area contributed by atoms with Gasteiger partial charge in [0.2, 0.25) is 0 Å². The van der Waals surface area contributed by atoms with E-state index in [1.54, 1.807) is 11.6 Å². The van der Waals surface area contributed by atoms with Crippen LogP contribution in [0.4, 0.5) is 0 Å². The van der Waals surface area contributed by atoms with Gasteiger partial charge in [-0.05, 0) is 42.3 Å². The zero-order chi connectivity index (χ0) is 16.9. The van der Waals surface area contributed by atoms with Crippen molar-refractivity contribution >= 4 is 5.91 Å². The number of nitrogens with zero attached hydrogens (tertiary/aromatic N) is 5. The number of amides is 1. The Morgan fingerprint density at radius 2 is 2.12 bits per heavy atom. The minimum Gasteiger partial charge on any atom is -0.481 e. The molecule has 1 fully saturated rings. The van der Waals surface area contributed by atoms with E-state index in [2.05, 4.69) is 15.5 Å². The molecule has 1 aromatic heterocycles. The normalized spacial score (nSPS) is 16.6. The lowest BCUT2D eigenvalue weighted by molar-refractivity contribution is -0.139. The molecule has 1 aromatic carbocycles. The topological polar surface area (TPSA) is 73.1 Å². The third kappa shape index (κ3) is 3.72. The molecule has 3 rings (SSSR count). The van der Waals surface area contributed by atoms with Crippen LogP contribution in [-0.2, 0) is 4.79 Å². The maximum Gasteiger partial charge on any atom is 0.263 e. The highest BCUT2D eigenvalue weighted by Gasteiger charge is 2.26. The average Bonchev–Trinajstić information content (AvgIpc) is 3.16. The van der Waals surface area contributed by atoms with Crippen molar-refractivity contribution in [2.75, 3.05) is 7.05 Å². The summed E-state index contributed by atoms with van der Waals surface area (Å²) in [4.78, 5) is 14.5. The Bertz CT molecular complexity index is 667. The van der Waals surface area contributed by atoms with Crippen molar-refractivity contribution in [3.8, 4) is 11.4 Å². The molecule has 0 aliphatic heterocycles. The van der Waals surface area contributed by atoms with Gasteiger partial charge in [-0.3, -0.25) is 4.79 Å². The first kappa shape index (κ1) is 16.4. The van der Waals surface area contributed by atoms with Crippen molar-refractivity contribution < 1.29 is 9.53 Å². The van der Waals surface area contributed by atoms with Crippen molar-refractivity contribution in [3.05, 3.63) is 30.6 Å². The van der Waals surface area contributed by atoms with E-state index in [1.165, 1.54) is 25.6 Å². The fourth-order valence-electron chi connectivity index (χ4n) is 3.17. The second-order valence-corrected chi connectivity index (χ2v) is 6.25. The van der Waals surface area contributed by atoms with Gasteiger partial charge in [0.1, 0.15) is 12.1 Å². The third-order valence-electron chi connectivity index (χ3n) is 4.56. The molecule has 1 atom stereocenters. The third-order valence-corrected chi connectivity index (χ3v) is 4.56. The molecule has 0 N–H and O–H groups in total. The number of carbonyl (C=O) groups excluding carboxylic acids is 1. The Hall–Kier alpha value is -2.44. The molecule has 1 aliphatic carbocycles. The lowest BCUT2D eigenvalue weighted by Gasteiger charge is -2.32. The number of tetrazole rings is 1. The molecule has 1 aliphatic rings. The van der Waals surface area contributed by atoms with E-state index in [4.69, 9.17) is 4.74 Å². The molecule has 0 radical (unpaired) electrons. The van der Waals surface area contributed by atoms with Crippen LogP contribution < -0.4 is 4.74 Å². The lowest BCUT2D eigenvalue weighted by Crippen LogP contribution is -2.44. The van der Waals surface area contributed by atoms with Gasteiger partial charge in [-0.2, -0.15) is 0 Å². The molecule has 0 unspecified atom stereocenters. The van der Waals surface area contributed by atoms with Gasteiger partial charge in [-0.25, -0.2) is 4.68 Å². The minimum atomic E-state index is -0.527. The Balaban J connectivity index is 1.64. The van der Waals surface area contributed by atoms with Crippen LogP contribution in [0.5, 0.6) is 5.75 Å². The zero-order valence-electron chi connectivity index (χ0n) is 14.1. The number of aromatic nitrogens is 4. The Kier molecular flexibility index (Phi) is 5.08. The molecule has 7 nitrogen and oxygen atoms in total. The van der Waals surface area contributed by atoms with E-state index >= 15 is 0 Å². The van der Waals surface area contributed by atoms with Crippen LogP contribution in [0.2, 0.25) is 0 Å². The molecule has 24 heavy (non-hydrogen) atoms. The van der Waals surface area contributed by atoms with E-state index in [0.29, 0.717) is 11.8 Å². The molecular weight excluding hydrogens is 306 g/mol. The summed E-state index contributed by atoms with van der Waals surface area (Å²) < 4.78 is 7.40. The highest BCUT2D eigenvalue weighted by atomic mass is 16.5. The van der Waals surface area contributed by atoms with Crippen LogP contribution in [0.1, 0.15) is 39.0 Å². The molecule has 128 valence electrons. The number of hydrogen-bond acceptors (Lipinski definition) is 5. The van der Waals surface area contributed by atoms with E-state index in [9.17, 15) is 4.79 Å². The number of hydrogen-bond donors (Lipinski definition) is 0. The first-order valence-corrected chi connectivity index (χ1v) is 8.42. The summed E-state index contributed by atoms with van der Waals surface area (Å²) >= 11 is 0. The molecule has 0 bridgehead atoms. The second-order valence-electron chi connectivity index (χ2n) is 6.25. The molecule has 2 aromatic rings. The first-order chi connectivity index (χ1) is 11.6. The molecular formula is C17H23N5O2. The van der Waals surface area contributed by atoms with E-state index in [-0.39, 0.29) is 5.91 Å². The smallest absolute Gasteiger partial charge is 0.263 e. The first-order valence-electron chi connectivity index (χ1n) is 8.42. The SMILES string of the molecule is C[C@H](Oc1cccc(-n2cnnn2)c1)C(=O)N(C)C1CCCCC1. The van der Waals surface area contributed by atoms with Crippen molar-refractivity contribution in [2.24, 2.45) is 0 Å². The second kappa shape index (κ2) is 7.42. The largest absolute Gasteiger partial charge is 0.481 e. The van der Waals surface area contributed by atoms with Crippen LogP contribution in [0.15, 0.2) is 30.6 Å². The number of likely N-dealkylation sites (N-methyl/N-ethyl adjacent to an activating group) is 1. The Morgan fingerprint density at radius 3 is 2.83 bits per heavy atom. The molecule has 1 heterocycles. The van der Waals surface area contributed by atoms with Crippen LogP contribution in [0.25, 0.3) is 5.69 Å². The molecule has 0 spiro atoms. The summed E-state index contributed by atoms with van der Waals surface area (Å²) in [5.74, 6) is 0.649. The van der Waals surface area contributed by atoms with Gasteiger partial charge in [0.25, 0.3) is 5.91 Å². The average molecular weight is 329 g/mol. The lowest BCUT2D eigenvalue weighted by atomic mass is 9.94. The van der Waals surface area contributed by atoms with Gasteiger partial charge in [0, 0.05) is 19.2 Å². The highest BCUT2D eigenvalue weighted by molar-refractivity contribution is 5.81. The number of rotatable bonds is 5. The predicted molar refractivity (Wildman–Crippen MR) is 88.9 cm³/mol. The van der Waals surface area contributed by atoms with Gasteiger partial charge >= 0.3 is 0 Å². The maximum atomic E-state index is 12.6. The molecule has 1 saturated carbocycles. The monoisotopic (exact) mass is 329 g/mol. The van der Waals surface area contributed by atoms with Crippen molar-refractivity contribution in [1.29, 1.82) is 0 Å². The van der Waals surface area contributed by atoms with Crippen molar-refractivity contribution in [2.45, 2.75) is 51.2 Å². The van der Waals surface area contributed by atoms with Crippen molar-refractivity contribution in [3.63, 3.8) is 0 Å². The van der Waals surface area contributed by atoms with Gasteiger partial charge in [0.15, 0.2) is 6.10 Å². The summed E-state index contributed by atoms with van der Waals surface area (Å²) in [6, 6.07) is 7.72. The van der Waals surface area contributed by atoms with Crippen LogP contribution >= 0.6 is 0 Å². The summed E-state index contributed by atoms with van der Waals surface area (Å²) in [5.41, 5.74) is 0.790. The van der Waals surface area contributed by atoms with E-state index in [1.807, 2.05) is 36.2 Å². The molecule has 0 saturated heterocycles. The standard InChI is InChI=1S/C17H23N5O2/c1-13(17(23)21(2)14-7-4-3-5-8-14)24-16-10-6-9-15(11-16)22-12-18-19-20-22/h6,9-14H,3-5,7-8H2,1-2H3/t13-/m0/s1. The van der Waals surface area contributed by atoms with Gasteiger partial charge in [-0.1, -0.05) is 25.3 Å². The van der Waals surface area contributed by atoms with Crippen LogP contribution in [-0.4, -0.2) is 50.2 Å². The zero-order valence-corrected chi connectivity index (χ0v) is 14.1. The molecule has 7 heteroatoms. The predicted octanol–water partition coefficient (Wildman–Crippen LogP) is 2.22. The Morgan fingerprint density at radius 1 is 1.33 bits per heavy atom. The summed E-state index contributed by atoms with van der Waals surface area (Å²) in [7, 11) is 1.88. The summed E-state index contributed by atoms with van der Waals surface area (Å²) in [6.07, 6.45) is 6.84. The molecule has 1 amide bonds. The maximum absolute atomic E-state index is 12.6. The van der Waals surface area contributed by atoms with Gasteiger partial charge < -0.3 is 9.64 Å².